The van der Waals surface area contributed by atoms with Gasteiger partial charge in [0.15, 0.2) is 0 Å². The largest absolute Gasteiger partial charge is 0.496 e. The van der Waals surface area contributed by atoms with Crippen LogP contribution >= 0.6 is 23.5 Å². The third-order valence-electron chi connectivity index (χ3n) is 3.95. The van der Waals surface area contributed by atoms with E-state index in [4.69, 9.17) is 21.1 Å². The average Bonchev–Trinajstić information content (AvgIpc) is 3.12. The summed E-state index contributed by atoms with van der Waals surface area (Å²) in [6.07, 6.45) is 2.44. The number of hydrogen-bond acceptors (Lipinski definition) is 5. The lowest BCUT2D eigenvalue weighted by molar-refractivity contribution is 0.0984. The first-order valence-electron chi connectivity index (χ1n) is 8.06. The Bertz CT molecular complexity index is 842. The standard InChI is InChI=1S/C19H19ClN2O3S/c1-3-21-11-14-5-4-13(9-16(14)24-2)19(23)22-26-17-10-15(20)8-12-6-7-25-18(12)17/h3-5,8-10,21H,1,6-7,11H2,2H3,(H,22,23). The second kappa shape index (κ2) is 8.38. The molecule has 3 rings (SSSR count). The molecule has 1 amide bonds. The maximum absolute atomic E-state index is 12.5. The van der Waals surface area contributed by atoms with Crippen molar-refractivity contribution in [3.8, 4) is 11.5 Å². The molecule has 0 unspecified atom stereocenters. The number of carbonyl (C=O) groups excluding carboxylic acids is 1. The van der Waals surface area contributed by atoms with Crippen molar-refractivity contribution in [2.45, 2.75) is 17.9 Å². The fourth-order valence-electron chi connectivity index (χ4n) is 2.69. The van der Waals surface area contributed by atoms with E-state index in [0.29, 0.717) is 29.5 Å². The third-order valence-corrected chi connectivity index (χ3v) is 4.98. The van der Waals surface area contributed by atoms with Crippen LogP contribution in [0.3, 0.4) is 0 Å². The number of halogens is 1. The van der Waals surface area contributed by atoms with Gasteiger partial charge in [-0.15, -0.1) is 0 Å². The fraction of sp³-hybridized carbons (Fsp3) is 0.211. The fourth-order valence-corrected chi connectivity index (χ4v) is 3.78. The summed E-state index contributed by atoms with van der Waals surface area (Å²) in [7, 11) is 1.58. The van der Waals surface area contributed by atoms with Crippen LogP contribution in [0.4, 0.5) is 0 Å². The molecule has 0 bridgehead atoms. The third kappa shape index (κ3) is 4.08. The number of carbonyl (C=O) groups is 1. The van der Waals surface area contributed by atoms with Crippen LogP contribution in [0.25, 0.3) is 0 Å². The van der Waals surface area contributed by atoms with Gasteiger partial charge in [0.2, 0.25) is 0 Å². The summed E-state index contributed by atoms with van der Waals surface area (Å²) in [4.78, 5) is 13.3. The molecule has 1 heterocycles. The van der Waals surface area contributed by atoms with E-state index in [2.05, 4.69) is 16.6 Å². The normalized spacial score (nSPS) is 12.1. The molecule has 7 heteroatoms. The number of nitrogens with one attached hydrogen (secondary N) is 2. The molecule has 0 aromatic heterocycles. The van der Waals surface area contributed by atoms with Crippen LogP contribution in [0.15, 0.2) is 48.0 Å². The molecule has 0 spiro atoms. The highest BCUT2D eigenvalue weighted by Gasteiger charge is 2.19. The molecule has 2 aromatic rings. The number of hydrogen-bond donors (Lipinski definition) is 2. The second-order valence-electron chi connectivity index (χ2n) is 5.64. The van der Waals surface area contributed by atoms with E-state index in [1.54, 1.807) is 31.5 Å². The Kier molecular flexibility index (Phi) is 5.96. The van der Waals surface area contributed by atoms with Gasteiger partial charge in [-0.2, -0.15) is 0 Å². The summed E-state index contributed by atoms with van der Waals surface area (Å²) < 4.78 is 13.9. The first-order valence-corrected chi connectivity index (χ1v) is 9.25. The molecule has 0 fully saturated rings. The number of amides is 1. The van der Waals surface area contributed by atoms with Crippen molar-refractivity contribution in [3.63, 3.8) is 0 Å². The summed E-state index contributed by atoms with van der Waals surface area (Å²) in [6, 6.07) is 9.03. The zero-order chi connectivity index (χ0) is 18.5. The Labute approximate surface area is 161 Å². The van der Waals surface area contributed by atoms with Crippen LogP contribution < -0.4 is 19.5 Å². The van der Waals surface area contributed by atoms with Crippen molar-refractivity contribution >= 4 is 29.5 Å². The molecule has 136 valence electrons. The Hall–Kier alpha value is -2.31. The molecular weight excluding hydrogens is 372 g/mol. The van der Waals surface area contributed by atoms with Crippen LogP contribution in [-0.2, 0) is 13.0 Å². The van der Waals surface area contributed by atoms with Gasteiger partial charge in [-0.25, -0.2) is 0 Å². The highest BCUT2D eigenvalue weighted by Crippen LogP contribution is 2.38. The van der Waals surface area contributed by atoms with E-state index in [1.807, 2.05) is 12.1 Å². The molecule has 2 aromatic carbocycles. The predicted molar refractivity (Wildman–Crippen MR) is 104 cm³/mol. The summed E-state index contributed by atoms with van der Waals surface area (Å²) in [5, 5.41) is 3.65. The first kappa shape index (κ1) is 18.5. The minimum Gasteiger partial charge on any atom is -0.496 e. The number of ether oxygens (including phenoxy) is 2. The molecule has 2 N–H and O–H groups in total. The molecule has 26 heavy (non-hydrogen) atoms. The summed E-state index contributed by atoms with van der Waals surface area (Å²) >= 11 is 7.35. The molecule has 0 radical (unpaired) electrons. The Morgan fingerprint density at radius 1 is 1.42 bits per heavy atom. The van der Waals surface area contributed by atoms with E-state index in [1.165, 1.54) is 11.9 Å². The number of fused-ring (bicyclic) bond motifs is 1. The number of methoxy groups -OCH3 is 1. The smallest absolute Gasteiger partial charge is 0.261 e. The second-order valence-corrected chi connectivity index (χ2v) is 6.92. The molecule has 5 nitrogen and oxygen atoms in total. The van der Waals surface area contributed by atoms with E-state index in [9.17, 15) is 4.79 Å². The van der Waals surface area contributed by atoms with Gasteiger partial charge in [0.25, 0.3) is 5.91 Å². The Balaban J connectivity index is 1.72. The summed E-state index contributed by atoms with van der Waals surface area (Å²) in [5.41, 5.74) is 2.52. The molecule has 0 aliphatic carbocycles. The van der Waals surface area contributed by atoms with E-state index in [0.717, 1.165) is 28.2 Å². The van der Waals surface area contributed by atoms with Crippen molar-refractivity contribution < 1.29 is 14.3 Å². The molecule has 1 aliphatic rings. The SMILES string of the molecule is C=CNCc1ccc(C(=O)NSc2cc(Cl)cc3c2OCC3)cc1OC. The van der Waals surface area contributed by atoms with Crippen molar-refractivity contribution in [3.05, 3.63) is 64.8 Å². The van der Waals surface area contributed by atoms with Crippen molar-refractivity contribution in [2.75, 3.05) is 13.7 Å². The maximum atomic E-state index is 12.5. The zero-order valence-electron chi connectivity index (χ0n) is 14.3. The Morgan fingerprint density at radius 2 is 2.27 bits per heavy atom. The van der Waals surface area contributed by atoms with Gasteiger partial charge in [0.1, 0.15) is 11.5 Å². The molecule has 0 saturated carbocycles. The molecule has 1 aliphatic heterocycles. The minimum absolute atomic E-state index is 0.219. The number of benzene rings is 2. The van der Waals surface area contributed by atoms with E-state index >= 15 is 0 Å². The van der Waals surface area contributed by atoms with Crippen LogP contribution in [0.1, 0.15) is 21.5 Å². The summed E-state index contributed by atoms with van der Waals surface area (Å²) in [6.45, 7) is 4.83. The highest BCUT2D eigenvalue weighted by atomic mass is 35.5. The monoisotopic (exact) mass is 390 g/mol. The van der Waals surface area contributed by atoms with Gasteiger partial charge >= 0.3 is 0 Å². The molecular formula is C19H19ClN2O3S. The number of rotatable bonds is 7. The van der Waals surface area contributed by atoms with Gasteiger partial charge in [0, 0.05) is 34.7 Å². The zero-order valence-corrected chi connectivity index (χ0v) is 15.9. The molecule has 0 atom stereocenters. The van der Waals surface area contributed by atoms with Gasteiger partial charge in [-0.1, -0.05) is 24.2 Å². The highest BCUT2D eigenvalue weighted by molar-refractivity contribution is 7.98. The average molecular weight is 391 g/mol. The lowest BCUT2D eigenvalue weighted by Gasteiger charge is -2.12. The molecule has 0 saturated heterocycles. The topological polar surface area (TPSA) is 59.6 Å². The van der Waals surface area contributed by atoms with Crippen molar-refractivity contribution in [1.29, 1.82) is 0 Å². The van der Waals surface area contributed by atoms with Crippen molar-refractivity contribution in [2.24, 2.45) is 0 Å². The Morgan fingerprint density at radius 3 is 3.04 bits per heavy atom. The van der Waals surface area contributed by atoms with Gasteiger partial charge in [0.05, 0.1) is 18.6 Å². The predicted octanol–water partition coefficient (Wildman–Crippen LogP) is 3.95. The van der Waals surface area contributed by atoms with Gasteiger partial charge in [-0.3, -0.25) is 9.52 Å². The minimum atomic E-state index is -0.219. The first-order chi connectivity index (χ1) is 12.6. The van der Waals surface area contributed by atoms with E-state index in [-0.39, 0.29) is 5.91 Å². The van der Waals surface area contributed by atoms with Gasteiger partial charge < -0.3 is 14.8 Å². The lowest BCUT2D eigenvalue weighted by Crippen LogP contribution is -2.16. The summed E-state index contributed by atoms with van der Waals surface area (Å²) in [5.74, 6) is 1.22. The van der Waals surface area contributed by atoms with Crippen LogP contribution in [0.5, 0.6) is 11.5 Å². The van der Waals surface area contributed by atoms with Crippen molar-refractivity contribution in [1.82, 2.24) is 10.0 Å². The van der Waals surface area contributed by atoms with Crippen LogP contribution in [0.2, 0.25) is 5.02 Å². The van der Waals surface area contributed by atoms with E-state index < -0.39 is 0 Å². The maximum Gasteiger partial charge on any atom is 0.261 e. The lowest BCUT2D eigenvalue weighted by atomic mass is 10.1. The van der Waals surface area contributed by atoms with Crippen LogP contribution in [-0.4, -0.2) is 19.6 Å². The quantitative estimate of drug-likeness (QED) is 0.701. The van der Waals surface area contributed by atoms with Crippen LogP contribution in [0, 0.1) is 0 Å². The van der Waals surface area contributed by atoms with Gasteiger partial charge in [-0.05, 0) is 42.4 Å².